The Hall–Kier alpha value is -2.02. The number of nitrogens with one attached hydrogen (secondary N) is 2. The maximum absolute atomic E-state index is 12.2. The van der Waals surface area contributed by atoms with Crippen molar-refractivity contribution in [3.63, 3.8) is 0 Å². The predicted octanol–water partition coefficient (Wildman–Crippen LogP) is 3.87. The summed E-state index contributed by atoms with van der Waals surface area (Å²) in [6.07, 6.45) is 4.82. The Morgan fingerprint density at radius 3 is 2.61 bits per heavy atom. The lowest BCUT2D eigenvalue weighted by Crippen LogP contribution is -2.46. The normalized spacial score (nSPS) is 15.5. The number of carbonyl (C=O) groups is 1. The number of aromatic nitrogens is 1. The summed E-state index contributed by atoms with van der Waals surface area (Å²) < 4.78 is 11.2. The average Bonchev–Trinajstić information content (AvgIpc) is 2.69. The molecule has 1 aromatic carbocycles. The second kappa shape index (κ2) is 12.4. The third-order valence-corrected chi connectivity index (χ3v) is 4.25. The molecule has 0 spiro atoms. The molecule has 1 aliphatic rings. The van der Waals surface area contributed by atoms with Crippen molar-refractivity contribution in [3.8, 4) is 17.4 Å². The maximum Gasteiger partial charge on any atom is 0.237 e. The molecule has 2 N–H and O–H groups in total. The Kier molecular flexibility index (Phi) is 10.7. The number of nitrogens with zero attached hydrogens (tertiary/aromatic N) is 1. The summed E-state index contributed by atoms with van der Waals surface area (Å²) >= 11 is 0. The smallest absolute Gasteiger partial charge is 0.237 e. The zero-order valence-electron chi connectivity index (χ0n) is 15.8. The number of benzene rings is 1. The fraction of sp³-hybridized carbons (Fsp3) is 0.400. The van der Waals surface area contributed by atoms with Gasteiger partial charge in [-0.15, -0.1) is 24.8 Å². The fourth-order valence-corrected chi connectivity index (χ4v) is 2.90. The Bertz CT molecular complexity index is 723. The van der Waals surface area contributed by atoms with Gasteiger partial charge in [-0.1, -0.05) is 6.42 Å². The van der Waals surface area contributed by atoms with Crippen LogP contribution in [0.15, 0.2) is 42.6 Å². The van der Waals surface area contributed by atoms with E-state index in [-0.39, 0.29) is 36.8 Å². The molecule has 0 saturated carbocycles. The van der Waals surface area contributed by atoms with Gasteiger partial charge in [0.05, 0.1) is 12.6 Å². The summed E-state index contributed by atoms with van der Waals surface area (Å²) in [5.41, 5.74) is 0.949. The van der Waals surface area contributed by atoms with E-state index < -0.39 is 0 Å². The van der Waals surface area contributed by atoms with Crippen LogP contribution in [0.1, 0.15) is 31.7 Å². The second-order valence-electron chi connectivity index (χ2n) is 6.23. The molecular formula is C20H27Cl2N3O3. The average molecular weight is 428 g/mol. The van der Waals surface area contributed by atoms with Crippen molar-refractivity contribution in [1.29, 1.82) is 0 Å². The van der Waals surface area contributed by atoms with Crippen LogP contribution in [0.2, 0.25) is 0 Å². The number of piperidine rings is 1. The van der Waals surface area contributed by atoms with Crippen molar-refractivity contribution in [2.75, 3.05) is 13.2 Å². The van der Waals surface area contributed by atoms with Crippen LogP contribution in [0.5, 0.6) is 17.4 Å². The van der Waals surface area contributed by atoms with Gasteiger partial charge in [0.25, 0.3) is 0 Å². The van der Waals surface area contributed by atoms with Crippen LogP contribution in [-0.2, 0) is 11.3 Å². The number of halogens is 2. The van der Waals surface area contributed by atoms with E-state index in [9.17, 15) is 4.79 Å². The molecule has 0 radical (unpaired) electrons. The molecule has 28 heavy (non-hydrogen) atoms. The highest BCUT2D eigenvalue weighted by Crippen LogP contribution is 2.23. The first-order chi connectivity index (χ1) is 12.7. The van der Waals surface area contributed by atoms with Crippen molar-refractivity contribution in [3.05, 3.63) is 48.2 Å². The Morgan fingerprint density at radius 1 is 1.18 bits per heavy atom. The molecule has 6 nitrogen and oxygen atoms in total. The number of hydrogen-bond donors (Lipinski definition) is 2. The van der Waals surface area contributed by atoms with Crippen LogP contribution in [0.3, 0.4) is 0 Å². The Labute approximate surface area is 178 Å². The molecule has 1 aromatic heterocycles. The lowest BCUT2D eigenvalue weighted by atomic mass is 10.0. The largest absolute Gasteiger partial charge is 0.494 e. The molecule has 1 saturated heterocycles. The van der Waals surface area contributed by atoms with Crippen LogP contribution in [-0.4, -0.2) is 30.1 Å². The van der Waals surface area contributed by atoms with E-state index in [1.807, 2.05) is 43.3 Å². The predicted molar refractivity (Wildman–Crippen MR) is 114 cm³/mol. The first-order valence-electron chi connectivity index (χ1n) is 9.11. The van der Waals surface area contributed by atoms with Gasteiger partial charge >= 0.3 is 0 Å². The monoisotopic (exact) mass is 427 g/mol. The molecule has 2 aromatic rings. The standard InChI is InChI=1S/C20H25N3O3.2ClH/c1-2-25-16-6-8-17(9-7-16)26-19-13-15(10-12-22-19)14-23-20(24)18-5-3-4-11-21-18;;/h6-10,12-13,18,21H,2-5,11,14H2,1H3,(H,23,24);2*1H/t18-;;/m1../s1. The van der Waals surface area contributed by atoms with E-state index in [4.69, 9.17) is 9.47 Å². The summed E-state index contributed by atoms with van der Waals surface area (Å²) in [7, 11) is 0. The number of pyridine rings is 1. The molecule has 2 heterocycles. The minimum Gasteiger partial charge on any atom is -0.494 e. The maximum atomic E-state index is 12.2. The molecular weight excluding hydrogens is 401 g/mol. The highest BCUT2D eigenvalue weighted by molar-refractivity contribution is 5.85. The fourth-order valence-electron chi connectivity index (χ4n) is 2.90. The minimum atomic E-state index is -0.0786. The SMILES string of the molecule is CCOc1ccc(Oc2cc(CNC(=O)[C@H]3CCCCN3)ccn2)cc1.Cl.Cl. The van der Waals surface area contributed by atoms with Gasteiger partial charge in [-0.25, -0.2) is 4.98 Å². The first kappa shape index (κ1) is 24.0. The van der Waals surface area contributed by atoms with E-state index in [1.165, 1.54) is 0 Å². The molecule has 8 heteroatoms. The number of amides is 1. The van der Waals surface area contributed by atoms with Crippen molar-refractivity contribution >= 4 is 30.7 Å². The van der Waals surface area contributed by atoms with Gasteiger partial charge in [-0.2, -0.15) is 0 Å². The van der Waals surface area contributed by atoms with Crippen LogP contribution in [0.25, 0.3) is 0 Å². The van der Waals surface area contributed by atoms with Gasteiger partial charge in [0.1, 0.15) is 11.5 Å². The van der Waals surface area contributed by atoms with Gasteiger partial charge in [-0.3, -0.25) is 4.79 Å². The van der Waals surface area contributed by atoms with Crippen LogP contribution >= 0.6 is 24.8 Å². The molecule has 0 bridgehead atoms. The van der Waals surface area contributed by atoms with E-state index in [2.05, 4.69) is 15.6 Å². The molecule has 1 aliphatic heterocycles. The van der Waals surface area contributed by atoms with Crippen molar-refractivity contribution < 1.29 is 14.3 Å². The Morgan fingerprint density at radius 2 is 1.93 bits per heavy atom. The van der Waals surface area contributed by atoms with E-state index in [1.54, 1.807) is 6.20 Å². The third-order valence-electron chi connectivity index (χ3n) is 4.25. The lowest BCUT2D eigenvalue weighted by molar-refractivity contribution is -0.123. The number of ether oxygens (including phenoxy) is 2. The van der Waals surface area contributed by atoms with E-state index in [0.717, 1.165) is 37.1 Å². The molecule has 0 unspecified atom stereocenters. The zero-order chi connectivity index (χ0) is 18.2. The molecule has 1 amide bonds. The van der Waals surface area contributed by atoms with Crippen molar-refractivity contribution in [2.24, 2.45) is 0 Å². The summed E-state index contributed by atoms with van der Waals surface area (Å²) in [4.78, 5) is 16.4. The number of carbonyl (C=O) groups excluding carboxylic acids is 1. The molecule has 154 valence electrons. The zero-order valence-corrected chi connectivity index (χ0v) is 17.5. The summed E-state index contributed by atoms with van der Waals surface area (Å²) in [5.74, 6) is 2.04. The Balaban J connectivity index is 0.00000196. The van der Waals surface area contributed by atoms with Gasteiger partial charge in [0.2, 0.25) is 11.8 Å². The summed E-state index contributed by atoms with van der Waals surface area (Å²) in [6, 6.07) is 11.0. The quantitative estimate of drug-likeness (QED) is 0.701. The summed E-state index contributed by atoms with van der Waals surface area (Å²) in [6.45, 7) is 3.95. The molecule has 1 atom stereocenters. The lowest BCUT2D eigenvalue weighted by Gasteiger charge is -2.22. The van der Waals surface area contributed by atoms with Crippen LogP contribution in [0, 0.1) is 0 Å². The van der Waals surface area contributed by atoms with E-state index in [0.29, 0.717) is 24.8 Å². The topological polar surface area (TPSA) is 72.5 Å². The van der Waals surface area contributed by atoms with Gasteiger partial charge < -0.3 is 20.1 Å². The molecule has 1 fully saturated rings. The summed E-state index contributed by atoms with van der Waals surface area (Å²) in [5, 5.41) is 6.23. The third kappa shape index (κ3) is 7.19. The first-order valence-corrected chi connectivity index (χ1v) is 9.11. The molecule has 3 rings (SSSR count). The second-order valence-corrected chi connectivity index (χ2v) is 6.23. The van der Waals surface area contributed by atoms with Crippen molar-refractivity contribution in [2.45, 2.75) is 38.8 Å². The van der Waals surface area contributed by atoms with Crippen molar-refractivity contribution in [1.82, 2.24) is 15.6 Å². The highest BCUT2D eigenvalue weighted by Gasteiger charge is 2.19. The van der Waals surface area contributed by atoms with Gasteiger partial charge in [0, 0.05) is 18.8 Å². The minimum absolute atomic E-state index is 0. The highest BCUT2D eigenvalue weighted by atomic mass is 35.5. The molecule has 0 aliphatic carbocycles. The van der Waals surface area contributed by atoms with Crippen LogP contribution < -0.4 is 20.1 Å². The van der Waals surface area contributed by atoms with Gasteiger partial charge in [-0.05, 0) is 62.2 Å². The van der Waals surface area contributed by atoms with E-state index >= 15 is 0 Å². The number of rotatable bonds is 7. The number of hydrogen-bond acceptors (Lipinski definition) is 5. The van der Waals surface area contributed by atoms with Crippen LogP contribution in [0.4, 0.5) is 0 Å². The van der Waals surface area contributed by atoms with Gasteiger partial charge in [0.15, 0.2) is 0 Å².